The van der Waals surface area contributed by atoms with E-state index in [9.17, 15) is 4.79 Å². The molecule has 0 fully saturated rings. The molecule has 136 valence electrons. The molecule has 0 bridgehead atoms. The summed E-state index contributed by atoms with van der Waals surface area (Å²) in [5, 5.41) is 3.94. The van der Waals surface area contributed by atoms with Crippen LogP contribution in [0.4, 0.5) is 0 Å². The van der Waals surface area contributed by atoms with Gasteiger partial charge in [0.1, 0.15) is 10.8 Å². The number of carbonyl (C=O) groups is 1. The number of rotatable bonds is 5. The van der Waals surface area contributed by atoms with Gasteiger partial charge in [-0.05, 0) is 43.5 Å². The van der Waals surface area contributed by atoms with Crippen LogP contribution in [0, 0.1) is 12.3 Å². The molecule has 2 rings (SSSR count). The third kappa shape index (κ3) is 4.58. The van der Waals surface area contributed by atoms with Crippen LogP contribution < -0.4 is 15.8 Å². The number of nitrogens with zero attached hydrogens (tertiary/aromatic N) is 1. The molecule has 0 aliphatic rings. The molecule has 1 amide bonds. The molecule has 1 aromatic heterocycles. The molecule has 0 aliphatic heterocycles. The van der Waals surface area contributed by atoms with Gasteiger partial charge in [-0.2, -0.15) is 0 Å². The molecule has 6 heteroatoms. The van der Waals surface area contributed by atoms with Crippen LogP contribution in [-0.2, 0) is 4.79 Å². The molecule has 0 spiro atoms. The lowest BCUT2D eigenvalue weighted by Crippen LogP contribution is -2.49. The monoisotopic (exact) mass is 361 g/mol. The number of ether oxygens (including phenoxy) is 1. The zero-order valence-corrected chi connectivity index (χ0v) is 16.5. The van der Waals surface area contributed by atoms with Gasteiger partial charge >= 0.3 is 0 Å². The van der Waals surface area contributed by atoms with Crippen LogP contribution >= 0.6 is 11.3 Å². The maximum atomic E-state index is 12.4. The van der Waals surface area contributed by atoms with Gasteiger partial charge in [-0.15, -0.1) is 11.3 Å². The third-order valence-electron chi connectivity index (χ3n) is 4.14. The first-order chi connectivity index (χ1) is 11.6. The minimum absolute atomic E-state index is 0.134. The Bertz CT molecular complexity index is 732. The van der Waals surface area contributed by atoms with Crippen molar-refractivity contribution in [2.24, 2.45) is 11.1 Å². The van der Waals surface area contributed by atoms with Gasteiger partial charge in [0.25, 0.3) is 0 Å². The number of aromatic nitrogens is 1. The largest absolute Gasteiger partial charge is 0.497 e. The summed E-state index contributed by atoms with van der Waals surface area (Å²) in [5.74, 6) is 0.674. The molecule has 2 aromatic rings. The van der Waals surface area contributed by atoms with Crippen molar-refractivity contribution in [1.29, 1.82) is 0 Å². The summed E-state index contributed by atoms with van der Waals surface area (Å²) < 4.78 is 5.19. The first kappa shape index (κ1) is 19.4. The van der Waals surface area contributed by atoms with E-state index in [2.05, 4.69) is 10.3 Å². The van der Waals surface area contributed by atoms with E-state index in [1.54, 1.807) is 18.4 Å². The molecular formula is C19H27N3O2S. The number of amides is 1. The van der Waals surface area contributed by atoms with Crippen molar-refractivity contribution in [3.8, 4) is 16.3 Å². The number of hydrogen-bond acceptors (Lipinski definition) is 5. The molecule has 0 aliphatic carbocycles. The lowest BCUT2D eigenvalue weighted by atomic mass is 9.87. The molecule has 1 aromatic carbocycles. The highest BCUT2D eigenvalue weighted by molar-refractivity contribution is 7.15. The maximum Gasteiger partial charge on any atom is 0.237 e. The number of nitrogens with one attached hydrogen (secondary N) is 1. The molecule has 2 atom stereocenters. The van der Waals surface area contributed by atoms with E-state index in [0.717, 1.165) is 26.9 Å². The molecule has 25 heavy (non-hydrogen) atoms. The number of thiazole rings is 1. The van der Waals surface area contributed by atoms with Crippen molar-refractivity contribution in [2.75, 3.05) is 7.11 Å². The fraction of sp³-hybridized carbons (Fsp3) is 0.474. The first-order valence-corrected chi connectivity index (χ1v) is 9.13. The summed E-state index contributed by atoms with van der Waals surface area (Å²) >= 11 is 1.59. The summed E-state index contributed by atoms with van der Waals surface area (Å²) in [6.45, 7) is 9.81. The minimum Gasteiger partial charge on any atom is -0.497 e. The van der Waals surface area contributed by atoms with E-state index in [-0.39, 0.29) is 17.4 Å². The van der Waals surface area contributed by atoms with Crippen LogP contribution in [0.15, 0.2) is 24.3 Å². The van der Waals surface area contributed by atoms with Crippen LogP contribution in [0.25, 0.3) is 10.6 Å². The van der Waals surface area contributed by atoms with Crippen LogP contribution in [0.5, 0.6) is 5.75 Å². The lowest BCUT2D eigenvalue weighted by molar-refractivity contribution is -0.125. The van der Waals surface area contributed by atoms with E-state index >= 15 is 0 Å². The normalized spacial score (nSPS) is 14.0. The van der Waals surface area contributed by atoms with Gasteiger partial charge in [0.2, 0.25) is 5.91 Å². The van der Waals surface area contributed by atoms with Crippen LogP contribution in [-0.4, -0.2) is 24.0 Å². The molecule has 5 nitrogen and oxygen atoms in total. The molecule has 1 unspecified atom stereocenters. The van der Waals surface area contributed by atoms with E-state index < -0.39 is 6.04 Å². The summed E-state index contributed by atoms with van der Waals surface area (Å²) in [6, 6.07) is 7.12. The predicted molar refractivity (Wildman–Crippen MR) is 103 cm³/mol. The first-order valence-electron chi connectivity index (χ1n) is 8.31. The smallest absolute Gasteiger partial charge is 0.237 e. The fourth-order valence-electron chi connectivity index (χ4n) is 2.43. The topological polar surface area (TPSA) is 77.2 Å². The third-order valence-corrected chi connectivity index (χ3v) is 5.53. The standard InChI is InChI=1S/C19H27N3O2S/c1-11(21-17(23)16(20)19(3,4)5)15-12(2)22-18(25-15)13-7-9-14(24-6)10-8-13/h7-11,16H,20H2,1-6H3,(H,21,23)/t11?,16-/m1/s1. The summed E-state index contributed by atoms with van der Waals surface area (Å²) in [5.41, 5.74) is 7.73. The predicted octanol–water partition coefficient (Wildman–Crippen LogP) is 3.68. The zero-order valence-electron chi connectivity index (χ0n) is 15.7. The number of aryl methyl sites for hydroxylation is 1. The summed E-state index contributed by atoms with van der Waals surface area (Å²) in [7, 11) is 1.65. The number of methoxy groups -OCH3 is 1. The van der Waals surface area contributed by atoms with Gasteiger partial charge < -0.3 is 15.8 Å². The van der Waals surface area contributed by atoms with Crippen molar-refractivity contribution in [3.05, 3.63) is 34.8 Å². The SMILES string of the molecule is COc1ccc(-c2nc(C)c(C(C)NC(=O)[C@@H](N)C(C)(C)C)s2)cc1. The van der Waals surface area contributed by atoms with Crippen LogP contribution in [0.2, 0.25) is 0 Å². The maximum absolute atomic E-state index is 12.4. The summed E-state index contributed by atoms with van der Waals surface area (Å²) in [6.07, 6.45) is 0. The zero-order chi connectivity index (χ0) is 18.8. The number of nitrogens with two attached hydrogens (primary N) is 1. The molecule has 0 radical (unpaired) electrons. The molecule has 1 heterocycles. The number of carbonyl (C=O) groups excluding carboxylic acids is 1. The van der Waals surface area contributed by atoms with Gasteiger partial charge in [0.05, 0.1) is 29.8 Å². The number of benzene rings is 1. The van der Waals surface area contributed by atoms with E-state index in [4.69, 9.17) is 10.5 Å². The second kappa shape index (κ2) is 7.54. The Balaban J connectivity index is 2.17. The van der Waals surface area contributed by atoms with Crippen LogP contribution in [0.3, 0.4) is 0 Å². The summed E-state index contributed by atoms with van der Waals surface area (Å²) in [4.78, 5) is 18.1. The minimum atomic E-state index is -0.552. The van der Waals surface area contributed by atoms with E-state index in [1.807, 2.05) is 58.9 Å². The highest BCUT2D eigenvalue weighted by atomic mass is 32.1. The second-order valence-corrected chi connectivity index (χ2v) is 8.30. The van der Waals surface area contributed by atoms with Gasteiger partial charge in [0.15, 0.2) is 0 Å². The Morgan fingerprint density at radius 3 is 2.40 bits per heavy atom. The van der Waals surface area contributed by atoms with Gasteiger partial charge in [-0.3, -0.25) is 4.79 Å². The number of hydrogen-bond donors (Lipinski definition) is 2. The Kier molecular flexibility index (Phi) is 5.85. The van der Waals surface area contributed by atoms with Crippen molar-refractivity contribution in [2.45, 2.75) is 46.7 Å². The Morgan fingerprint density at radius 2 is 1.88 bits per heavy atom. The highest BCUT2D eigenvalue weighted by Crippen LogP contribution is 2.32. The van der Waals surface area contributed by atoms with Gasteiger partial charge in [-0.1, -0.05) is 20.8 Å². The molecule has 3 N–H and O–H groups in total. The average Bonchev–Trinajstić information content (AvgIpc) is 2.95. The second-order valence-electron chi connectivity index (χ2n) is 7.27. The Hall–Kier alpha value is -1.92. The molecule has 0 saturated heterocycles. The van der Waals surface area contributed by atoms with Gasteiger partial charge in [-0.25, -0.2) is 4.98 Å². The lowest BCUT2D eigenvalue weighted by Gasteiger charge is -2.27. The Morgan fingerprint density at radius 1 is 1.28 bits per heavy atom. The Labute approximate surface area is 153 Å². The highest BCUT2D eigenvalue weighted by Gasteiger charge is 2.29. The van der Waals surface area contributed by atoms with E-state index in [0.29, 0.717) is 0 Å². The van der Waals surface area contributed by atoms with Crippen molar-refractivity contribution in [3.63, 3.8) is 0 Å². The van der Waals surface area contributed by atoms with Crippen molar-refractivity contribution in [1.82, 2.24) is 10.3 Å². The van der Waals surface area contributed by atoms with Crippen LogP contribution in [0.1, 0.15) is 44.3 Å². The fourth-order valence-corrected chi connectivity index (χ4v) is 3.50. The molecular weight excluding hydrogens is 334 g/mol. The average molecular weight is 362 g/mol. The van der Waals surface area contributed by atoms with Crippen molar-refractivity contribution < 1.29 is 9.53 Å². The molecule has 0 saturated carbocycles. The van der Waals surface area contributed by atoms with E-state index in [1.165, 1.54) is 0 Å². The van der Waals surface area contributed by atoms with Gasteiger partial charge in [0, 0.05) is 5.56 Å². The quantitative estimate of drug-likeness (QED) is 0.852. The van der Waals surface area contributed by atoms with Crippen molar-refractivity contribution >= 4 is 17.2 Å².